The van der Waals surface area contributed by atoms with Crippen LogP contribution >= 0.6 is 0 Å². The lowest BCUT2D eigenvalue weighted by molar-refractivity contribution is -0.142. The minimum atomic E-state index is -0.907. The highest BCUT2D eigenvalue weighted by molar-refractivity contribution is 5.98. The molecule has 1 heterocycles. The molecular weight excluding hydrogens is 693 g/mol. The van der Waals surface area contributed by atoms with E-state index in [1.54, 1.807) is 45.0 Å². The van der Waals surface area contributed by atoms with Crippen molar-refractivity contribution in [2.24, 2.45) is 0 Å². The summed E-state index contributed by atoms with van der Waals surface area (Å²) >= 11 is 0. The highest BCUT2D eigenvalue weighted by Crippen LogP contribution is 2.26. The summed E-state index contributed by atoms with van der Waals surface area (Å²) in [7, 11) is 0. The summed E-state index contributed by atoms with van der Waals surface area (Å²) in [5, 5.41) is 8.86. The van der Waals surface area contributed by atoms with Crippen molar-refractivity contribution in [3.05, 3.63) is 143 Å². The molecule has 4 aromatic carbocycles. The SMILES string of the molecule is CC(C)(C)OC(=O)NCCCC[C@@H](NC(=O)[C@@H]1Cc2ccccc2CN1C(=O)CCC(=O)c1ccccc1)C(=O)NCC(c1ccccc1)c1ccccc1. The average molecular weight is 745 g/mol. The van der Waals surface area contributed by atoms with Gasteiger partial charge in [-0.3, -0.25) is 19.2 Å². The van der Waals surface area contributed by atoms with Crippen molar-refractivity contribution >= 4 is 29.6 Å². The van der Waals surface area contributed by atoms with E-state index in [-0.39, 0.29) is 49.3 Å². The third-order valence-electron chi connectivity index (χ3n) is 9.64. The summed E-state index contributed by atoms with van der Waals surface area (Å²) in [6, 6.07) is 34.6. The first-order valence-electron chi connectivity index (χ1n) is 19.1. The van der Waals surface area contributed by atoms with E-state index in [1.807, 2.05) is 91.0 Å². The van der Waals surface area contributed by atoms with Crippen LogP contribution in [0.25, 0.3) is 0 Å². The number of hydrogen-bond acceptors (Lipinski definition) is 6. The minimum Gasteiger partial charge on any atom is -0.444 e. The lowest BCUT2D eigenvalue weighted by Crippen LogP contribution is -2.57. The molecule has 55 heavy (non-hydrogen) atoms. The second kappa shape index (κ2) is 19.5. The number of alkyl carbamates (subject to hydrolysis) is 1. The normalized spacial score (nSPS) is 14.3. The molecule has 0 fully saturated rings. The van der Waals surface area contributed by atoms with E-state index in [2.05, 4.69) is 16.0 Å². The Morgan fingerprint density at radius 3 is 1.93 bits per heavy atom. The van der Waals surface area contributed by atoms with Crippen LogP contribution in [-0.2, 0) is 32.1 Å². The van der Waals surface area contributed by atoms with Gasteiger partial charge in [-0.25, -0.2) is 4.79 Å². The van der Waals surface area contributed by atoms with Crippen LogP contribution < -0.4 is 16.0 Å². The monoisotopic (exact) mass is 744 g/mol. The molecule has 0 bridgehead atoms. The maximum atomic E-state index is 14.3. The number of unbranched alkanes of at least 4 members (excludes halogenated alkanes) is 1. The van der Waals surface area contributed by atoms with Crippen LogP contribution in [0.15, 0.2) is 115 Å². The second-order valence-corrected chi connectivity index (χ2v) is 14.9. The molecule has 2 atom stereocenters. The van der Waals surface area contributed by atoms with Gasteiger partial charge < -0.3 is 25.6 Å². The maximum absolute atomic E-state index is 14.3. The van der Waals surface area contributed by atoms with E-state index in [0.29, 0.717) is 37.9 Å². The molecule has 10 heteroatoms. The van der Waals surface area contributed by atoms with Gasteiger partial charge in [-0.1, -0.05) is 115 Å². The van der Waals surface area contributed by atoms with E-state index in [0.717, 1.165) is 22.3 Å². The van der Waals surface area contributed by atoms with Crippen LogP contribution in [0.3, 0.4) is 0 Å². The van der Waals surface area contributed by atoms with Crippen molar-refractivity contribution in [3.8, 4) is 0 Å². The van der Waals surface area contributed by atoms with Gasteiger partial charge in [0.15, 0.2) is 5.78 Å². The molecule has 0 radical (unpaired) electrons. The first-order valence-corrected chi connectivity index (χ1v) is 19.1. The smallest absolute Gasteiger partial charge is 0.407 e. The number of rotatable bonds is 16. The zero-order chi connectivity index (χ0) is 39.2. The molecule has 0 spiro atoms. The Morgan fingerprint density at radius 1 is 0.727 bits per heavy atom. The second-order valence-electron chi connectivity index (χ2n) is 14.9. The maximum Gasteiger partial charge on any atom is 0.407 e. The lowest BCUT2D eigenvalue weighted by atomic mass is 9.91. The van der Waals surface area contributed by atoms with Crippen LogP contribution in [0.5, 0.6) is 0 Å². The first-order chi connectivity index (χ1) is 26.5. The quantitative estimate of drug-likeness (QED) is 0.0861. The first kappa shape index (κ1) is 40.4. The Bertz CT molecular complexity index is 1860. The molecule has 0 saturated heterocycles. The molecule has 0 aliphatic carbocycles. The fourth-order valence-corrected chi connectivity index (χ4v) is 6.79. The molecule has 0 unspecified atom stereocenters. The molecule has 3 N–H and O–H groups in total. The van der Waals surface area contributed by atoms with E-state index in [9.17, 15) is 24.0 Å². The van der Waals surface area contributed by atoms with Gasteiger partial charge in [0.05, 0.1) is 0 Å². The predicted octanol–water partition coefficient (Wildman–Crippen LogP) is 6.73. The standard InChI is InChI=1S/C45H52N4O6/c1-45(2,3)55-44(54)46-28-16-15-25-38(42(52)47-30-37(32-17-7-4-8-18-32)33-19-9-5-10-20-33)48-43(53)39-29-35-23-13-14-24-36(35)31-49(39)41(51)27-26-40(50)34-21-11-6-12-22-34/h4-14,17-24,37-39H,15-16,25-31H2,1-3H3,(H,46,54)(H,47,52)(H,48,53)/t38-,39+/m1/s1. The zero-order valence-corrected chi connectivity index (χ0v) is 32.0. The number of carbonyl (C=O) groups is 5. The highest BCUT2D eigenvalue weighted by atomic mass is 16.6. The Kier molecular flexibility index (Phi) is 14.3. The van der Waals surface area contributed by atoms with Crippen molar-refractivity contribution < 1.29 is 28.7 Å². The molecule has 4 amide bonds. The van der Waals surface area contributed by atoms with Crippen LogP contribution in [0.2, 0.25) is 0 Å². The number of ether oxygens (including phenoxy) is 1. The molecule has 0 saturated carbocycles. The number of carbonyl (C=O) groups excluding carboxylic acids is 5. The molecule has 0 aromatic heterocycles. The Morgan fingerprint density at radius 2 is 1.31 bits per heavy atom. The van der Waals surface area contributed by atoms with Gasteiger partial charge >= 0.3 is 6.09 Å². The van der Waals surface area contributed by atoms with E-state index < -0.39 is 29.7 Å². The summed E-state index contributed by atoms with van der Waals surface area (Å²) in [5.74, 6) is -1.35. The van der Waals surface area contributed by atoms with E-state index in [1.165, 1.54) is 4.90 Å². The Hall–Kier alpha value is -5.77. The molecule has 1 aliphatic heterocycles. The van der Waals surface area contributed by atoms with Gasteiger partial charge in [-0.2, -0.15) is 0 Å². The fourth-order valence-electron chi connectivity index (χ4n) is 6.79. The van der Waals surface area contributed by atoms with Gasteiger partial charge in [0.1, 0.15) is 17.7 Å². The predicted molar refractivity (Wildman–Crippen MR) is 212 cm³/mol. The van der Waals surface area contributed by atoms with Crippen molar-refractivity contribution in [3.63, 3.8) is 0 Å². The third kappa shape index (κ3) is 12.1. The van der Waals surface area contributed by atoms with Crippen molar-refractivity contribution in [2.75, 3.05) is 13.1 Å². The number of ketones is 1. The van der Waals surface area contributed by atoms with Crippen LogP contribution in [0, 0.1) is 0 Å². The van der Waals surface area contributed by atoms with Crippen molar-refractivity contribution in [2.45, 2.75) is 89.4 Å². The van der Waals surface area contributed by atoms with E-state index in [4.69, 9.17) is 4.74 Å². The summed E-state index contributed by atoms with van der Waals surface area (Å²) in [6.45, 7) is 6.24. The molecule has 10 nitrogen and oxygen atoms in total. The number of nitrogens with zero attached hydrogens (tertiary/aromatic N) is 1. The molecular formula is C45H52N4O6. The van der Waals surface area contributed by atoms with Gasteiger partial charge in [0, 0.05) is 50.4 Å². The van der Waals surface area contributed by atoms with Gasteiger partial charge in [0.2, 0.25) is 17.7 Å². The lowest BCUT2D eigenvalue weighted by Gasteiger charge is -2.37. The molecule has 4 aromatic rings. The summed E-state index contributed by atoms with van der Waals surface area (Å²) < 4.78 is 5.34. The van der Waals surface area contributed by atoms with Crippen molar-refractivity contribution in [1.82, 2.24) is 20.9 Å². The number of Topliss-reactive ketones (excluding diaryl/α,β-unsaturated/α-hetero) is 1. The van der Waals surface area contributed by atoms with Crippen molar-refractivity contribution in [1.29, 1.82) is 0 Å². The third-order valence-corrected chi connectivity index (χ3v) is 9.64. The van der Waals surface area contributed by atoms with Crippen LogP contribution in [0.1, 0.15) is 91.4 Å². The van der Waals surface area contributed by atoms with Gasteiger partial charge in [-0.15, -0.1) is 0 Å². The Labute approximate surface area is 324 Å². The topological polar surface area (TPSA) is 134 Å². The highest BCUT2D eigenvalue weighted by Gasteiger charge is 2.36. The molecule has 288 valence electrons. The fraction of sp³-hybridized carbons (Fsp3) is 0.356. The van der Waals surface area contributed by atoms with Gasteiger partial charge in [-0.05, 0) is 62.3 Å². The molecule has 1 aliphatic rings. The summed E-state index contributed by atoms with van der Waals surface area (Å²) in [4.78, 5) is 68.7. The van der Waals surface area contributed by atoms with Crippen LogP contribution in [-0.4, -0.2) is 65.3 Å². The average Bonchev–Trinajstić information content (AvgIpc) is 3.19. The number of fused-ring (bicyclic) bond motifs is 1. The number of nitrogens with one attached hydrogen (secondary N) is 3. The summed E-state index contributed by atoms with van der Waals surface area (Å²) in [5.41, 5.74) is 3.89. The zero-order valence-electron chi connectivity index (χ0n) is 32.0. The molecule has 5 rings (SSSR count). The van der Waals surface area contributed by atoms with Gasteiger partial charge in [0.25, 0.3) is 0 Å². The van der Waals surface area contributed by atoms with E-state index >= 15 is 0 Å². The minimum absolute atomic E-state index is 0.0156. The number of amides is 4. The largest absolute Gasteiger partial charge is 0.444 e. The number of hydrogen-bond donors (Lipinski definition) is 3. The number of benzene rings is 4. The Balaban J connectivity index is 1.31. The summed E-state index contributed by atoms with van der Waals surface area (Å²) in [6.07, 6.45) is 1.10. The van der Waals surface area contributed by atoms with Crippen LogP contribution in [0.4, 0.5) is 4.79 Å².